The van der Waals surface area contributed by atoms with Gasteiger partial charge < -0.3 is 14.6 Å². The first kappa shape index (κ1) is 15.1. The first-order valence-electron chi connectivity index (χ1n) is 5.99. The van der Waals surface area contributed by atoms with Crippen molar-refractivity contribution in [3.05, 3.63) is 58.4 Å². The Bertz CT molecular complexity index is 655. The molecule has 0 aromatic heterocycles. The maximum atomic E-state index is 13.4. The lowest BCUT2D eigenvalue weighted by Gasteiger charge is -2.10. The minimum atomic E-state index is -1.23. The lowest BCUT2D eigenvalue weighted by Crippen LogP contribution is -2.04. The molecule has 0 fully saturated rings. The van der Waals surface area contributed by atoms with Crippen LogP contribution in [0, 0.1) is 5.82 Å². The third kappa shape index (κ3) is 3.64. The molecule has 0 atom stereocenters. The van der Waals surface area contributed by atoms with E-state index in [0.717, 1.165) is 17.7 Å². The summed E-state index contributed by atoms with van der Waals surface area (Å²) in [4.78, 5) is 11.1. The Kier molecular flexibility index (Phi) is 4.65. The van der Waals surface area contributed by atoms with Gasteiger partial charge in [0.05, 0.1) is 12.1 Å². The average molecular weight is 311 g/mol. The standard InChI is InChI=1S/C15H12ClFO4/c1-20-10-4-2-9(3-5-10)8-21-14-7-13(17)12(16)6-11(14)15(18)19/h2-7H,8H2,1H3,(H,18,19). The van der Waals surface area contributed by atoms with Crippen molar-refractivity contribution in [2.75, 3.05) is 7.11 Å². The van der Waals surface area contributed by atoms with E-state index in [1.54, 1.807) is 31.4 Å². The molecule has 21 heavy (non-hydrogen) atoms. The second kappa shape index (κ2) is 6.45. The maximum Gasteiger partial charge on any atom is 0.339 e. The summed E-state index contributed by atoms with van der Waals surface area (Å²) in [6, 6.07) is 9.04. The van der Waals surface area contributed by atoms with Crippen LogP contribution in [0.1, 0.15) is 15.9 Å². The number of halogens is 2. The van der Waals surface area contributed by atoms with Crippen LogP contribution in [-0.2, 0) is 6.61 Å². The third-order valence-corrected chi connectivity index (χ3v) is 3.10. The minimum absolute atomic E-state index is 0.0692. The molecule has 0 radical (unpaired) electrons. The van der Waals surface area contributed by atoms with E-state index in [0.29, 0.717) is 5.75 Å². The molecule has 0 aliphatic carbocycles. The van der Waals surface area contributed by atoms with Gasteiger partial charge in [-0.05, 0) is 23.8 Å². The van der Waals surface area contributed by atoms with Crippen molar-refractivity contribution in [1.29, 1.82) is 0 Å². The van der Waals surface area contributed by atoms with Gasteiger partial charge in [-0.25, -0.2) is 9.18 Å². The summed E-state index contributed by atoms with van der Waals surface area (Å²) in [5.74, 6) is -1.34. The van der Waals surface area contributed by atoms with Crippen LogP contribution in [0.5, 0.6) is 11.5 Å². The number of carbonyl (C=O) groups is 1. The largest absolute Gasteiger partial charge is 0.497 e. The Labute approximate surface area is 125 Å². The summed E-state index contributed by atoms with van der Waals surface area (Å²) in [6.07, 6.45) is 0. The van der Waals surface area contributed by atoms with Crippen molar-refractivity contribution in [2.24, 2.45) is 0 Å². The quantitative estimate of drug-likeness (QED) is 0.913. The Morgan fingerprint density at radius 3 is 2.52 bits per heavy atom. The molecule has 0 unspecified atom stereocenters. The van der Waals surface area contributed by atoms with Crippen molar-refractivity contribution >= 4 is 17.6 Å². The van der Waals surface area contributed by atoms with Crippen molar-refractivity contribution in [2.45, 2.75) is 6.61 Å². The van der Waals surface area contributed by atoms with E-state index in [-0.39, 0.29) is 22.9 Å². The summed E-state index contributed by atoms with van der Waals surface area (Å²) in [6.45, 7) is 0.103. The summed E-state index contributed by atoms with van der Waals surface area (Å²) in [5.41, 5.74) is 0.609. The molecule has 0 amide bonds. The molecule has 110 valence electrons. The van der Waals surface area contributed by atoms with Gasteiger partial charge in [0.1, 0.15) is 29.5 Å². The molecule has 2 aromatic rings. The van der Waals surface area contributed by atoms with E-state index < -0.39 is 11.8 Å². The normalized spacial score (nSPS) is 10.2. The number of benzene rings is 2. The fourth-order valence-electron chi connectivity index (χ4n) is 1.70. The highest BCUT2D eigenvalue weighted by Crippen LogP contribution is 2.27. The van der Waals surface area contributed by atoms with Gasteiger partial charge in [-0.3, -0.25) is 0 Å². The number of methoxy groups -OCH3 is 1. The second-order valence-corrected chi connectivity index (χ2v) is 4.61. The molecule has 0 aliphatic rings. The van der Waals surface area contributed by atoms with Crippen LogP contribution in [0.15, 0.2) is 36.4 Å². The molecule has 1 N–H and O–H groups in total. The van der Waals surface area contributed by atoms with Crippen molar-refractivity contribution in [3.8, 4) is 11.5 Å². The number of ether oxygens (including phenoxy) is 2. The zero-order valence-electron chi connectivity index (χ0n) is 11.1. The summed E-state index contributed by atoms with van der Waals surface area (Å²) in [7, 11) is 1.56. The van der Waals surface area contributed by atoms with Gasteiger partial charge in [0.25, 0.3) is 0 Å². The molecule has 2 rings (SSSR count). The van der Waals surface area contributed by atoms with Crippen LogP contribution in [0.2, 0.25) is 5.02 Å². The molecule has 6 heteroatoms. The van der Waals surface area contributed by atoms with Gasteiger partial charge in [0.15, 0.2) is 0 Å². The van der Waals surface area contributed by atoms with Crippen molar-refractivity contribution < 1.29 is 23.8 Å². The molecule has 0 spiro atoms. The molecular weight excluding hydrogens is 299 g/mol. The van der Waals surface area contributed by atoms with Crippen molar-refractivity contribution in [1.82, 2.24) is 0 Å². The topological polar surface area (TPSA) is 55.8 Å². The average Bonchev–Trinajstić information content (AvgIpc) is 2.48. The summed E-state index contributed by atoms with van der Waals surface area (Å²) in [5, 5.41) is 8.81. The molecule has 4 nitrogen and oxygen atoms in total. The van der Waals surface area contributed by atoms with Gasteiger partial charge in [0.2, 0.25) is 0 Å². The van der Waals surface area contributed by atoms with E-state index >= 15 is 0 Å². The van der Waals surface area contributed by atoms with E-state index in [9.17, 15) is 9.18 Å². The van der Waals surface area contributed by atoms with Crippen LogP contribution >= 0.6 is 11.6 Å². The van der Waals surface area contributed by atoms with Crippen LogP contribution in [0.25, 0.3) is 0 Å². The highest BCUT2D eigenvalue weighted by atomic mass is 35.5. The number of hydrogen-bond acceptors (Lipinski definition) is 3. The monoisotopic (exact) mass is 310 g/mol. The van der Waals surface area contributed by atoms with Gasteiger partial charge in [-0.15, -0.1) is 0 Å². The van der Waals surface area contributed by atoms with Crippen LogP contribution in [-0.4, -0.2) is 18.2 Å². The van der Waals surface area contributed by atoms with E-state index in [1.165, 1.54) is 0 Å². The SMILES string of the molecule is COc1ccc(COc2cc(F)c(Cl)cc2C(=O)O)cc1. The Hall–Kier alpha value is -2.27. The van der Waals surface area contributed by atoms with E-state index in [2.05, 4.69) is 0 Å². The molecule has 2 aromatic carbocycles. The first-order valence-corrected chi connectivity index (χ1v) is 6.37. The minimum Gasteiger partial charge on any atom is -0.497 e. The Morgan fingerprint density at radius 1 is 1.29 bits per heavy atom. The molecule has 0 saturated carbocycles. The number of carboxylic acid groups (broad SMARTS) is 1. The number of aromatic carboxylic acids is 1. The predicted octanol–water partition coefficient (Wildman–Crippen LogP) is 3.76. The fraction of sp³-hybridized carbons (Fsp3) is 0.133. The predicted molar refractivity (Wildman–Crippen MR) is 75.7 cm³/mol. The molecule has 0 heterocycles. The highest BCUT2D eigenvalue weighted by Gasteiger charge is 2.15. The fourth-order valence-corrected chi connectivity index (χ4v) is 1.86. The number of carboxylic acids is 1. The third-order valence-electron chi connectivity index (χ3n) is 2.81. The van der Waals surface area contributed by atoms with Crippen LogP contribution < -0.4 is 9.47 Å². The van der Waals surface area contributed by atoms with E-state index in [4.69, 9.17) is 26.2 Å². The van der Waals surface area contributed by atoms with E-state index in [1.807, 2.05) is 0 Å². The lowest BCUT2D eigenvalue weighted by atomic mass is 10.2. The Balaban J connectivity index is 2.18. The molecule has 0 bridgehead atoms. The van der Waals surface area contributed by atoms with Crippen molar-refractivity contribution in [3.63, 3.8) is 0 Å². The van der Waals surface area contributed by atoms with Gasteiger partial charge in [0, 0.05) is 6.07 Å². The number of rotatable bonds is 5. The van der Waals surface area contributed by atoms with Gasteiger partial charge >= 0.3 is 5.97 Å². The van der Waals surface area contributed by atoms with Crippen LogP contribution in [0.3, 0.4) is 0 Å². The molecule has 0 saturated heterocycles. The zero-order chi connectivity index (χ0) is 15.4. The van der Waals surface area contributed by atoms with Gasteiger partial charge in [-0.2, -0.15) is 0 Å². The summed E-state index contributed by atoms with van der Waals surface area (Å²) < 4.78 is 23.8. The lowest BCUT2D eigenvalue weighted by molar-refractivity contribution is 0.0691. The van der Waals surface area contributed by atoms with Crippen LogP contribution in [0.4, 0.5) is 4.39 Å². The van der Waals surface area contributed by atoms with Gasteiger partial charge in [-0.1, -0.05) is 23.7 Å². The summed E-state index contributed by atoms with van der Waals surface area (Å²) >= 11 is 5.57. The Morgan fingerprint density at radius 2 is 1.95 bits per heavy atom. The maximum absolute atomic E-state index is 13.4. The second-order valence-electron chi connectivity index (χ2n) is 4.20. The first-order chi connectivity index (χ1) is 10.0. The molecule has 0 aliphatic heterocycles. The smallest absolute Gasteiger partial charge is 0.339 e. The zero-order valence-corrected chi connectivity index (χ0v) is 11.9. The molecular formula is C15H12ClFO4. The number of hydrogen-bond donors (Lipinski definition) is 1. The highest BCUT2D eigenvalue weighted by molar-refractivity contribution is 6.31.